The van der Waals surface area contributed by atoms with E-state index in [0.29, 0.717) is 11.3 Å². The maximum absolute atomic E-state index is 13.3. The third-order valence-electron chi connectivity index (χ3n) is 4.30. The number of sulfonamides is 1. The second-order valence-electron chi connectivity index (χ2n) is 6.52. The van der Waals surface area contributed by atoms with Crippen LogP contribution in [-0.2, 0) is 10.0 Å². The minimum absolute atomic E-state index is 0.0533. The third-order valence-corrected chi connectivity index (χ3v) is 5.86. The van der Waals surface area contributed by atoms with Gasteiger partial charge < -0.3 is 10.4 Å². The summed E-state index contributed by atoms with van der Waals surface area (Å²) in [5, 5.41) is 11.8. The van der Waals surface area contributed by atoms with Gasteiger partial charge in [-0.1, -0.05) is 13.0 Å². The van der Waals surface area contributed by atoms with Gasteiger partial charge in [0.2, 0.25) is 10.0 Å². The molecule has 0 fully saturated rings. The van der Waals surface area contributed by atoms with Crippen LogP contribution in [-0.4, -0.2) is 32.1 Å². The van der Waals surface area contributed by atoms with E-state index in [9.17, 15) is 17.6 Å². The lowest BCUT2D eigenvalue weighted by atomic mass is 10.1. The van der Waals surface area contributed by atoms with Crippen molar-refractivity contribution in [3.8, 4) is 0 Å². The number of amides is 1. The van der Waals surface area contributed by atoms with Crippen molar-refractivity contribution in [2.45, 2.75) is 31.7 Å². The van der Waals surface area contributed by atoms with Gasteiger partial charge >= 0.3 is 0 Å². The minimum atomic E-state index is -3.85. The van der Waals surface area contributed by atoms with Crippen LogP contribution < -0.4 is 10.0 Å². The van der Waals surface area contributed by atoms with Crippen LogP contribution in [0.4, 0.5) is 10.1 Å². The Bertz CT molecular complexity index is 931. The summed E-state index contributed by atoms with van der Waals surface area (Å²) in [7, 11) is -3.85. The molecule has 2 rings (SSSR count). The number of carbonyl (C=O) groups is 1. The summed E-state index contributed by atoms with van der Waals surface area (Å²) < 4.78 is 40.8. The Hall–Kier alpha value is -2.29. The first kappa shape index (κ1) is 21.0. The second-order valence-corrected chi connectivity index (χ2v) is 8.23. The molecule has 0 bridgehead atoms. The molecule has 0 radical (unpaired) electrons. The van der Waals surface area contributed by atoms with Gasteiger partial charge in [0.1, 0.15) is 5.82 Å². The van der Waals surface area contributed by atoms with Crippen molar-refractivity contribution >= 4 is 21.6 Å². The molecule has 0 aliphatic heterocycles. The number of hydrogen-bond donors (Lipinski definition) is 3. The highest BCUT2D eigenvalue weighted by Gasteiger charge is 2.22. The smallest absolute Gasteiger partial charge is 0.255 e. The first-order chi connectivity index (χ1) is 12.6. The van der Waals surface area contributed by atoms with Crippen LogP contribution in [0.15, 0.2) is 47.4 Å². The number of anilines is 1. The Morgan fingerprint density at radius 1 is 1.19 bits per heavy atom. The molecular weight excluding hydrogens is 371 g/mol. The van der Waals surface area contributed by atoms with Gasteiger partial charge in [-0.15, -0.1) is 0 Å². The standard InChI is InChI=1S/C19H23FN2O4S/c1-12-9-16(7-8-18(12)20)21-19(24)15-5-4-6-17(10-15)27(25,26)22-14(3)13(2)11-23/h4-10,13-14,22-23H,11H2,1-3H3,(H,21,24). The van der Waals surface area contributed by atoms with Gasteiger partial charge in [0.05, 0.1) is 4.90 Å². The maximum Gasteiger partial charge on any atom is 0.255 e. The number of aryl methyl sites for hydroxylation is 1. The third kappa shape index (κ3) is 5.35. The molecule has 2 unspecified atom stereocenters. The van der Waals surface area contributed by atoms with Crippen molar-refractivity contribution in [1.82, 2.24) is 4.72 Å². The van der Waals surface area contributed by atoms with E-state index in [1.54, 1.807) is 20.8 Å². The number of nitrogens with one attached hydrogen (secondary N) is 2. The molecule has 146 valence electrons. The minimum Gasteiger partial charge on any atom is -0.396 e. The molecule has 3 N–H and O–H groups in total. The van der Waals surface area contributed by atoms with Crippen LogP contribution in [0.5, 0.6) is 0 Å². The SMILES string of the molecule is Cc1cc(NC(=O)c2cccc(S(=O)(=O)NC(C)C(C)CO)c2)ccc1F. The zero-order valence-electron chi connectivity index (χ0n) is 15.4. The summed E-state index contributed by atoms with van der Waals surface area (Å²) in [6.07, 6.45) is 0. The summed E-state index contributed by atoms with van der Waals surface area (Å²) in [6, 6.07) is 9.32. The molecule has 0 spiro atoms. The van der Waals surface area contributed by atoms with Gasteiger partial charge in [0.25, 0.3) is 5.91 Å². The van der Waals surface area contributed by atoms with Crippen LogP contribution in [0.25, 0.3) is 0 Å². The molecule has 6 nitrogen and oxygen atoms in total. The molecule has 2 aromatic carbocycles. The molecule has 0 saturated carbocycles. The Balaban J connectivity index is 2.20. The number of benzene rings is 2. The van der Waals surface area contributed by atoms with E-state index in [4.69, 9.17) is 5.11 Å². The second kappa shape index (κ2) is 8.60. The van der Waals surface area contributed by atoms with E-state index in [1.165, 1.54) is 42.5 Å². The van der Waals surface area contributed by atoms with Crippen LogP contribution in [0.1, 0.15) is 29.8 Å². The van der Waals surface area contributed by atoms with E-state index in [0.717, 1.165) is 0 Å². The lowest BCUT2D eigenvalue weighted by molar-refractivity contribution is 0.102. The number of carbonyl (C=O) groups excluding carboxylic acids is 1. The average molecular weight is 394 g/mol. The van der Waals surface area contributed by atoms with Gasteiger partial charge in [0.15, 0.2) is 0 Å². The van der Waals surface area contributed by atoms with Crippen LogP contribution in [0.2, 0.25) is 0 Å². The lowest BCUT2D eigenvalue weighted by Gasteiger charge is -2.19. The molecule has 0 aliphatic rings. The van der Waals surface area contributed by atoms with E-state index >= 15 is 0 Å². The molecule has 0 aliphatic carbocycles. The quantitative estimate of drug-likeness (QED) is 0.673. The highest BCUT2D eigenvalue weighted by atomic mass is 32.2. The number of hydrogen-bond acceptors (Lipinski definition) is 4. The largest absolute Gasteiger partial charge is 0.396 e. The van der Waals surface area contributed by atoms with Gasteiger partial charge in [-0.3, -0.25) is 4.79 Å². The van der Waals surface area contributed by atoms with Crippen molar-refractivity contribution in [1.29, 1.82) is 0 Å². The average Bonchev–Trinajstić information content (AvgIpc) is 2.63. The van der Waals surface area contributed by atoms with Crippen LogP contribution in [0.3, 0.4) is 0 Å². The van der Waals surface area contributed by atoms with E-state index in [1.807, 2.05) is 0 Å². The summed E-state index contributed by atoms with van der Waals surface area (Å²) in [5.74, 6) is -1.14. The van der Waals surface area contributed by atoms with E-state index in [-0.39, 0.29) is 28.8 Å². The number of aliphatic hydroxyl groups excluding tert-OH is 1. The Morgan fingerprint density at radius 3 is 2.52 bits per heavy atom. The van der Waals surface area contributed by atoms with E-state index < -0.39 is 22.0 Å². The summed E-state index contributed by atoms with van der Waals surface area (Å²) in [4.78, 5) is 12.4. The van der Waals surface area contributed by atoms with Crippen molar-refractivity contribution in [2.24, 2.45) is 5.92 Å². The summed E-state index contributed by atoms with van der Waals surface area (Å²) >= 11 is 0. The number of rotatable bonds is 7. The normalized spacial score (nSPS) is 13.8. The Morgan fingerprint density at radius 2 is 1.89 bits per heavy atom. The highest BCUT2D eigenvalue weighted by Crippen LogP contribution is 2.17. The van der Waals surface area contributed by atoms with Crippen molar-refractivity contribution < 1.29 is 22.7 Å². The number of aliphatic hydroxyl groups is 1. The topological polar surface area (TPSA) is 95.5 Å². The van der Waals surface area contributed by atoms with Gasteiger partial charge in [-0.05, 0) is 61.7 Å². The molecule has 8 heteroatoms. The molecule has 27 heavy (non-hydrogen) atoms. The van der Waals surface area contributed by atoms with E-state index in [2.05, 4.69) is 10.0 Å². The molecule has 0 aromatic heterocycles. The predicted molar refractivity (Wildman–Crippen MR) is 102 cm³/mol. The predicted octanol–water partition coefficient (Wildman–Crippen LogP) is 2.68. The Labute approximate surface area is 158 Å². The fourth-order valence-corrected chi connectivity index (χ4v) is 3.71. The van der Waals surface area contributed by atoms with Crippen molar-refractivity contribution in [3.63, 3.8) is 0 Å². The Kier molecular flexibility index (Phi) is 6.69. The lowest BCUT2D eigenvalue weighted by Crippen LogP contribution is -2.38. The van der Waals surface area contributed by atoms with Gasteiger partial charge in [0, 0.05) is 23.9 Å². The first-order valence-electron chi connectivity index (χ1n) is 8.45. The van der Waals surface area contributed by atoms with Crippen molar-refractivity contribution in [2.75, 3.05) is 11.9 Å². The monoisotopic (exact) mass is 394 g/mol. The molecule has 2 aromatic rings. The number of halogens is 1. The van der Waals surface area contributed by atoms with Crippen LogP contribution in [0, 0.1) is 18.7 Å². The van der Waals surface area contributed by atoms with Gasteiger partial charge in [-0.25, -0.2) is 17.5 Å². The highest BCUT2D eigenvalue weighted by molar-refractivity contribution is 7.89. The summed E-state index contributed by atoms with van der Waals surface area (Å²) in [6.45, 7) is 4.81. The fraction of sp³-hybridized carbons (Fsp3) is 0.316. The zero-order chi connectivity index (χ0) is 20.2. The first-order valence-corrected chi connectivity index (χ1v) is 9.93. The molecule has 2 atom stereocenters. The zero-order valence-corrected chi connectivity index (χ0v) is 16.2. The molecular formula is C19H23FN2O4S. The van der Waals surface area contributed by atoms with Gasteiger partial charge in [-0.2, -0.15) is 0 Å². The fourth-order valence-electron chi connectivity index (χ4n) is 2.32. The molecule has 0 heterocycles. The summed E-state index contributed by atoms with van der Waals surface area (Å²) in [5.41, 5.74) is 0.957. The molecule has 1 amide bonds. The molecule has 0 saturated heterocycles. The maximum atomic E-state index is 13.3. The van der Waals surface area contributed by atoms with Crippen molar-refractivity contribution in [3.05, 3.63) is 59.4 Å². The van der Waals surface area contributed by atoms with Crippen LogP contribution >= 0.6 is 0 Å².